The predicted octanol–water partition coefficient (Wildman–Crippen LogP) is -0.743. The van der Waals surface area contributed by atoms with Gasteiger partial charge in [-0.05, 0) is 0 Å². The molecule has 42 valence electrons. The minimum atomic E-state index is -0.125. The van der Waals surface area contributed by atoms with Gasteiger partial charge in [0.25, 0.3) is 5.56 Å². The fourth-order valence-corrected chi connectivity index (χ4v) is 1.00. The van der Waals surface area contributed by atoms with Gasteiger partial charge in [0.15, 0.2) is 0 Å². The van der Waals surface area contributed by atoms with Crippen LogP contribution in [0.1, 0.15) is 0 Å². The lowest BCUT2D eigenvalue weighted by atomic mass is 10.8. The van der Waals surface area contributed by atoms with Crippen LogP contribution in [0.2, 0.25) is 0 Å². The Morgan fingerprint density at radius 3 is 2.25 bits per heavy atom. The lowest BCUT2D eigenvalue weighted by Gasteiger charge is -1.56. The van der Waals surface area contributed by atoms with E-state index < -0.39 is 0 Å². The van der Waals surface area contributed by atoms with E-state index in [4.69, 9.17) is 0 Å². The van der Waals surface area contributed by atoms with Crippen molar-refractivity contribution in [3.63, 3.8) is 0 Å². The van der Waals surface area contributed by atoms with E-state index in [2.05, 4.69) is 18.1 Å². The second kappa shape index (κ2) is 1.59. The van der Waals surface area contributed by atoms with Gasteiger partial charge >= 0.3 is 0 Å². The summed E-state index contributed by atoms with van der Waals surface area (Å²) in [6, 6.07) is 0. The van der Waals surface area contributed by atoms with Crippen molar-refractivity contribution in [3.8, 4) is 0 Å². The summed E-state index contributed by atoms with van der Waals surface area (Å²) >= 11 is 1.28. The van der Waals surface area contributed by atoms with Gasteiger partial charge in [-0.15, -0.1) is 11.3 Å². The van der Waals surface area contributed by atoms with Crippen molar-refractivity contribution in [1.29, 1.82) is 0 Å². The molecule has 2 nitrogen and oxygen atoms in total. The molecule has 0 radical (unpaired) electrons. The summed E-state index contributed by atoms with van der Waals surface area (Å²) in [5.74, 6) is 0. The summed E-state index contributed by atoms with van der Waals surface area (Å²) in [4.78, 5) is 13.0. The maximum absolute atomic E-state index is 10.5. The largest absolute Gasteiger partial charge is 0.313 e. The Morgan fingerprint density at radius 1 is 1.50 bits per heavy atom. The minimum Gasteiger partial charge on any atom is -0.313 e. The molecule has 3 heteroatoms. The van der Waals surface area contributed by atoms with Crippen LogP contribution in [-0.2, 0) is 0 Å². The van der Waals surface area contributed by atoms with Gasteiger partial charge in [0.1, 0.15) is 0 Å². The third-order valence-electron chi connectivity index (χ3n) is 0.753. The molecule has 0 fully saturated rings. The molecule has 0 unspecified atom stereocenters. The third kappa shape index (κ3) is 0.721. The first kappa shape index (κ1) is 5.31. The second-order valence-corrected chi connectivity index (χ2v) is 2.59. The summed E-state index contributed by atoms with van der Waals surface area (Å²) in [6.45, 7) is 7.00. The highest BCUT2D eigenvalue weighted by molar-refractivity contribution is 7.07. The Bertz CT molecular complexity index is 290. The van der Waals surface area contributed by atoms with Crippen LogP contribution in [0.25, 0.3) is 13.2 Å². The zero-order valence-corrected chi connectivity index (χ0v) is 5.05. The number of rotatable bonds is 0. The molecule has 0 bridgehead atoms. The Kier molecular flexibility index (Phi) is 1.06. The van der Waals surface area contributed by atoms with Crippen LogP contribution in [0.4, 0.5) is 0 Å². The summed E-state index contributed by atoms with van der Waals surface area (Å²) in [7, 11) is 0. The Hall–Kier alpha value is -0.830. The smallest absolute Gasteiger partial charge is 0.265 e. The highest BCUT2D eigenvalue weighted by Gasteiger charge is 1.83. The van der Waals surface area contributed by atoms with Crippen molar-refractivity contribution in [2.45, 2.75) is 0 Å². The molecule has 1 heterocycles. The number of hydrogen-bond acceptors (Lipinski definition) is 2. The van der Waals surface area contributed by atoms with Gasteiger partial charge < -0.3 is 4.98 Å². The average molecular weight is 127 g/mol. The maximum Gasteiger partial charge on any atom is 0.265 e. The highest BCUT2D eigenvalue weighted by Crippen LogP contribution is 1.57. The third-order valence-corrected chi connectivity index (χ3v) is 1.53. The number of aromatic nitrogens is 1. The summed E-state index contributed by atoms with van der Waals surface area (Å²) in [5, 5.41) is 0. The summed E-state index contributed by atoms with van der Waals surface area (Å²) < 4.78 is 1.19. The minimum absolute atomic E-state index is 0.125. The van der Waals surface area contributed by atoms with E-state index in [1.54, 1.807) is 0 Å². The number of aromatic amines is 1. The van der Waals surface area contributed by atoms with Crippen LogP contribution < -0.4 is 14.8 Å². The van der Waals surface area contributed by atoms with Crippen molar-refractivity contribution in [2.24, 2.45) is 0 Å². The van der Waals surface area contributed by atoms with Gasteiger partial charge in [0, 0.05) is 0 Å². The van der Waals surface area contributed by atoms with Crippen LogP contribution in [0, 0.1) is 0 Å². The topological polar surface area (TPSA) is 32.9 Å². The lowest BCUT2D eigenvalue weighted by Crippen LogP contribution is -2.17. The summed E-state index contributed by atoms with van der Waals surface area (Å²) in [6.07, 6.45) is 0. The molecule has 0 aromatic carbocycles. The first-order chi connectivity index (χ1) is 3.70. The van der Waals surface area contributed by atoms with Crippen molar-refractivity contribution in [3.05, 3.63) is 19.5 Å². The molecule has 1 aromatic rings. The number of hydrogen-bond donors (Lipinski definition) is 1. The number of nitrogens with one attached hydrogen (secondary N) is 1. The molecule has 0 spiro atoms. The number of thiazole rings is 1. The molecule has 0 aliphatic carbocycles. The normalized spacial score (nSPS) is 9.50. The zero-order valence-electron chi connectivity index (χ0n) is 4.23. The van der Waals surface area contributed by atoms with E-state index in [9.17, 15) is 4.79 Å². The van der Waals surface area contributed by atoms with Crippen LogP contribution >= 0.6 is 11.3 Å². The van der Waals surface area contributed by atoms with Gasteiger partial charge in [0.05, 0.1) is 9.20 Å². The molecule has 0 saturated carbocycles. The van der Waals surface area contributed by atoms with Gasteiger partial charge in [0.2, 0.25) is 0 Å². The molecule has 1 N–H and O–H groups in total. The zero-order chi connectivity index (χ0) is 6.15. The monoisotopic (exact) mass is 127 g/mol. The molecule has 0 amide bonds. The van der Waals surface area contributed by atoms with Crippen molar-refractivity contribution in [2.75, 3.05) is 0 Å². The van der Waals surface area contributed by atoms with E-state index in [1.807, 2.05) is 0 Å². The van der Waals surface area contributed by atoms with E-state index in [1.165, 1.54) is 11.3 Å². The summed E-state index contributed by atoms with van der Waals surface area (Å²) in [5.41, 5.74) is -0.125. The van der Waals surface area contributed by atoms with Gasteiger partial charge in [-0.25, -0.2) is 0 Å². The Balaban J connectivity index is 3.86. The maximum atomic E-state index is 10.5. The molecule has 1 rings (SSSR count). The molecular weight excluding hydrogens is 122 g/mol. The van der Waals surface area contributed by atoms with Gasteiger partial charge in [-0.2, -0.15) is 0 Å². The predicted molar refractivity (Wildman–Crippen MR) is 35.2 cm³/mol. The first-order valence-corrected chi connectivity index (χ1v) is 2.89. The highest BCUT2D eigenvalue weighted by atomic mass is 32.1. The standard InChI is InChI=1S/C5H5NOS/c1-3-5(7)6-4(2)8-3/h1-2H2,(H,6,7). The van der Waals surface area contributed by atoms with E-state index in [0.29, 0.717) is 9.20 Å². The van der Waals surface area contributed by atoms with Crippen molar-refractivity contribution in [1.82, 2.24) is 4.98 Å². The first-order valence-electron chi connectivity index (χ1n) is 2.07. The van der Waals surface area contributed by atoms with Crippen LogP contribution in [0.15, 0.2) is 4.79 Å². The molecule has 1 aromatic heterocycles. The average Bonchev–Trinajstić information content (AvgIpc) is 1.85. The quantitative estimate of drug-likeness (QED) is 0.489. The van der Waals surface area contributed by atoms with Crippen molar-refractivity contribution >= 4 is 24.5 Å². The van der Waals surface area contributed by atoms with Crippen LogP contribution in [0.5, 0.6) is 0 Å². The molecule has 0 aliphatic heterocycles. The fraction of sp³-hybridized carbons (Fsp3) is 0. The SMILES string of the molecule is C=c1[nH]c(=O)c(=C)s1. The van der Waals surface area contributed by atoms with E-state index in [-0.39, 0.29) is 5.56 Å². The molecule has 8 heavy (non-hydrogen) atoms. The Morgan fingerprint density at radius 2 is 2.12 bits per heavy atom. The molecule has 0 atom stereocenters. The molecule has 0 saturated heterocycles. The molecular formula is C5H5NOS. The van der Waals surface area contributed by atoms with E-state index >= 15 is 0 Å². The van der Waals surface area contributed by atoms with Crippen molar-refractivity contribution < 1.29 is 0 Å². The molecule has 0 aliphatic rings. The van der Waals surface area contributed by atoms with Crippen LogP contribution in [0.3, 0.4) is 0 Å². The van der Waals surface area contributed by atoms with Crippen LogP contribution in [-0.4, -0.2) is 4.98 Å². The Labute approximate surface area is 49.8 Å². The number of H-pyrrole nitrogens is 1. The van der Waals surface area contributed by atoms with Gasteiger partial charge in [-0.1, -0.05) is 13.2 Å². The van der Waals surface area contributed by atoms with Gasteiger partial charge in [-0.3, -0.25) is 4.79 Å². The fourth-order valence-electron chi connectivity index (χ4n) is 0.417. The second-order valence-electron chi connectivity index (χ2n) is 1.40. The van der Waals surface area contributed by atoms with E-state index in [0.717, 1.165) is 0 Å². The lowest BCUT2D eigenvalue weighted by molar-refractivity contribution is 1.26.